The van der Waals surface area contributed by atoms with Gasteiger partial charge in [0.25, 0.3) is 0 Å². The number of ether oxygens (including phenoxy) is 1. The number of hydrogen-bond acceptors (Lipinski definition) is 4. The predicted molar refractivity (Wildman–Crippen MR) is 60.1 cm³/mol. The van der Waals surface area contributed by atoms with Crippen LogP contribution in [-0.2, 0) is 0 Å². The molecule has 0 amide bonds. The van der Waals surface area contributed by atoms with Crippen molar-refractivity contribution in [2.24, 2.45) is 0 Å². The second-order valence-corrected chi connectivity index (χ2v) is 3.62. The fourth-order valence-electron chi connectivity index (χ4n) is 1.30. The fraction of sp³-hybridized carbons (Fsp3) is 0.333. The normalized spacial score (nSPS) is 12.4. The Balaban J connectivity index is 2.11. The third-order valence-corrected chi connectivity index (χ3v) is 2.39. The van der Waals surface area contributed by atoms with Gasteiger partial charge in [0.15, 0.2) is 0 Å². The number of nitrogens with zero attached hydrogens (tertiary/aromatic N) is 2. The Morgan fingerprint density at radius 2 is 2.06 bits per heavy atom. The Morgan fingerprint density at radius 1 is 1.31 bits per heavy atom. The van der Waals surface area contributed by atoms with Gasteiger partial charge in [-0.05, 0) is 37.6 Å². The average Bonchev–Trinajstić information content (AvgIpc) is 2.83. The Kier molecular flexibility index (Phi) is 3.19. The van der Waals surface area contributed by atoms with Crippen LogP contribution >= 0.6 is 0 Å². The van der Waals surface area contributed by atoms with Crippen LogP contribution in [0, 0.1) is 0 Å². The molecule has 84 valence electrons. The molecule has 0 unspecified atom stereocenters. The molecule has 2 rings (SSSR count). The lowest BCUT2D eigenvalue weighted by Gasteiger charge is -2.12. The maximum absolute atomic E-state index is 5.67. The van der Waals surface area contributed by atoms with Crippen LogP contribution in [0.4, 0.5) is 0 Å². The molecule has 0 aliphatic heterocycles. The first-order valence-corrected chi connectivity index (χ1v) is 5.33. The highest BCUT2D eigenvalue weighted by atomic mass is 16.5. The molecular weight excluding hydrogens is 204 g/mol. The summed E-state index contributed by atoms with van der Waals surface area (Å²) in [6.07, 6.45) is 2.54. The van der Waals surface area contributed by atoms with Crippen molar-refractivity contribution in [1.29, 1.82) is 0 Å². The largest absolute Gasteiger partial charge is 0.491 e. The zero-order valence-electron chi connectivity index (χ0n) is 9.38. The van der Waals surface area contributed by atoms with Gasteiger partial charge in [0, 0.05) is 5.56 Å². The highest BCUT2D eigenvalue weighted by Gasteiger charge is 2.04. The molecule has 1 aromatic heterocycles. The molecule has 0 bridgehead atoms. The topological polar surface area (TPSA) is 48.2 Å². The highest BCUT2D eigenvalue weighted by Crippen LogP contribution is 2.20. The summed E-state index contributed by atoms with van der Waals surface area (Å²) in [4.78, 5) is 3.97. The zero-order valence-corrected chi connectivity index (χ0v) is 9.38. The molecule has 4 heteroatoms. The summed E-state index contributed by atoms with van der Waals surface area (Å²) in [6, 6.07) is 7.67. The fourth-order valence-corrected chi connectivity index (χ4v) is 1.30. The van der Waals surface area contributed by atoms with Crippen molar-refractivity contribution in [3.8, 4) is 17.1 Å². The van der Waals surface area contributed by atoms with Crippen LogP contribution in [0.5, 0.6) is 5.75 Å². The van der Waals surface area contributed by atoms with Gasteiger partial charge in [0.05, 0.1) is 6.10 Å². The van der Waals surface area contributed by atoms with E-state index in [4.69, 9.17) is 4.74 Å². The Bertz CT molecular complexity index is 423. The molecule has 0 fully saturated rings. The summed E-state index contributed by atoms with van der Waals surface area (Å²) >= 11 is 0. The SMILES string of the molecule is CC[C@@H](C)Oc1ccc(-c2ncon2)cc1. The van der Waals surface area contributed by atoms with Crippen LogP contribution in [0.15, 0.2) is 35.2 Å². The van der Waals surface area contributed by atoms with Gasteiger partial charge < -0.3 is 9.26 Å². The van der Waals surface area contributed by atoms with Crippen molar-refractivity contribution < 1.29 is 9.26 Å². The molecular formula is C12H14N2O2. The van der Waals surface area contributed by atoms with Crippen LogP contribution in [0.2, 0.25) is 0 Å². The van der Waals surface area contributed by atoms with Crippen molar-refractivity contribution in [2.75, 3.05) is 0 Å². The second kappa shape index (κ2) is 4.79. The molecule has 0 aliphatic rings. The van der Waals surface area contributed by atoms with Gasteiger partial charge >= 0.3 is 0 Å². The first kappa shape index (κ1) is 10.7. The maximum Gasteiger partial charge on any atom is 0.214 e. The molecule has 2 aromatic rings. The molecule has 0 N–H and O–H groups in total. The van der Waals surface area contributed by atoms with E-state index < -0.39 is 0 Å². The summed E-state index contributed by atoms with van der Waals surface area (Å²) in [5, 5.41) is 3.77. The summed E-state index contributed by atoms with van der Waals surface area (Å²) in [6.45, 7) is 4.14. The molecule has 0 saturated carbocycles. The lowest BCUT2D eigenvalue weighted by molar-refractivity contribution is 0.217. The van der Waals surface area contributed by atoms with Crippen LogP contribution in [-0.4, -0.2) is 16.2 Å². The van der Waals surface area contributed by atoms with Gasteiger partial charge in [0.2, 0.25) is 12.2 Å². The summed E-state index contributed by atoms with van der Waals surface area (Å²) in [5.74, 6) is 1.46. The number of rotatable bonds is 4. The first-order chi connectivity index (χ1) is 7.79. The van der Waals surface area contributed by atoms with E-state index in [0.717, 1.165) is 17.7 Å². The molecule has 0 radical (unpaired) electrons. The zero-order chi connectivity index (χ0) is 11.4. The third kappa shape index (κ3) is 2.39. The van der Waals surface area contributed by atoms with Crippen LogP contribution in [0.1, 0.15) is 20.3 Å². The van der Waals surface area contributed by atoms with Gasteiger partial charge in [-0.3, -0.25) is 0 Å². The minimum atomic E-state index is 0.232. The van der Waals surface area contributed by atoms with E-state index in [0.29, 0.717) is 5.82 Å². The summed E-state index contributed by atoms with van der Waals surface area (Å²) in [7, 11) is 0. The number of aromatic nitrogens is 2. The van der Waals surface area contributed by atoms with E-state index >= 15 is 0 Å². The molecule has 4 nitrogen and oxygen atoms in total. The Labute approximate surface area is 94.2 Å². The Morgan fingerprint density at radius 3 is 2.62 bits per heavy atom. The minimum Gasteiger partial charge on any atom is -0.491 e. The quantitative estimate of drug-likeness (QED) is 0.791. The standard InChI is InChI=1S/C12H14N2O2/c1-3-9(2)16-11-6-4-10(5-7-11)12-13-8-15-14-12/h4-9H,3H2,1-2H3/t9-/m1/s1. The van der Waals surface area contributed by atoms with Gasteiger partial charge in [-0.2, -0.15) is 4.98 Å². The molecule has 1 atom stereocenters. The van der Waals surface area contributed by atoms with Gasteiger partial charge in [-0.15, -0.1) is 0 Å². The van der Waals surface area contributed by atoms with Gasteiger partial charge in [-0.25, -0.2) is 0 Å². The van der Waals surface area contributed by atoms with Crippen molar-refractivity contribution in [3.63, 3.8) is 0 Å². The van der Waals surface area contributed by atoms with Crippen LogP contribution < -0.4 is 4.74 Å². The molecule has 1 heterocycles. The molecule has 0 saturated heterocycles. The summed E-state index contributed by atoms with van der Waals surface area (Å²) in [5.41, 5.74) is 0.922. The highest BCUT2D eigenvalue weighted by molar-refractivity contribution is 5.55. The monoisotopic (exact) mass is 218 g/mol. The smallest absolute Gasteiger partial charge is 0.214 e. The molecule has 1 aromatic carbocycles. The van der Waals surface area contributed by atoms with E-state index in [1.165, 1.54) is 6.39 Å². The molecule has 0 aliphatic carbocycles. The predicted octanol–water partition coefficient (Wildman–Crippen LogP) is 2.91. The first-order valence-electron chi connectivity index (χ1n) is 5.33. The van der Waals surface area contributed by atoms with Gasteiger partial charge in [0.1, 0.15) is 5.75 Å². The Hall–Kier alpha value is -1.84. The van der Waals surface area contributed by atoms with Crippen molar-refractivity contribution in [2.45, 2.75) is 26.4 Å². The lowest BCUT2D eigenvalue weighted by Crippen LogP contribution is -2.09. The van der Waals surface area contributed by atoms with E-state index in [-0.39, 0.29) is 6.10 Å². The van der Waals surface area contributed by atoms with E-state index in [2.05, 4.69) is 21.6 Å². The second-order valence-electron chi connectivity index (χ2n) is 3.62. The average molecular weight is 218 g/mol. The summed E-state index contributed by atoms with van der Waals surface area (Å²) < 4.78 is 10.4. The maximum atomic E-state index is 5.67. The third-order valence-electron chi connectivity index (χ3n) is 2.39. The van der Waals surface area contributed by atoms with Crippen molar-refractivity contribution >= 4 is 0 Å². The molecule has 16 heavy (non-hydrogen) atoms. The van der Waals surface area contributed by atoms with Crippen LogP contribution in [0.3, 0.4) is 0 Å². The van der Waals surface area contributed by atoms with Gasteiger partial charge in [-0.1, -0.05) is 12.1 Å². The lowest BCUT2D eigenvalue weighted by atomic mass is 10.2. The van der Waals surface area contributed by atoms with Crippen LogP contribution in [0.25, 0.3) is 11.4 Å². The number of hydrogen-bond donors (Lipinski definition) is 0. The molecule has 0 spiro atoms. The van der Waals surface area contributed by atoms with E-state index in [1.807, 2.05) is 31.2 Å². The van der Waals surface area contributed by atoms with E-state index in [1.54, 1.807) is 0 Å². The number of benzene rings is 1. The minimum absolute atomic E-state index is 0.232. The van der Waals surface area contributed by atoms with E-state index in [9.17, 15) is 0 Å². The van der Waals surface area contributed by atoms with Crippen molar-refractivity contribution in [1.82, 2.24) is 10.1 Å². The van der Waals surface area contributed by atoms with Crippen molar-refractivity contribution in [3.05, 3.63) is 30.7 Å².